The molecule has 0 aliphatic rings. The Morgan fingerprint density at radius 3 is 2.00 bits per heavy atom. The van der Waals surface area contributed by atoms with E-state index in [1.807, 2.05) is 32.0 Å². The topological polar surface area (TPSA) is 90.7 Å². The Balaban J connectivity index is 1.66. The van der Waals surface area contributed by atoms with Gasteiger partial charge in [0.25, 0.3) is 5.91 Å². The fourth-order valence-corrected chi connectivity index (χ4v) is 3.05. The van der Waals surface area contributed by atoms with Gasteiger partial charge in [0.1, 0.15) is 17.2 Å². The Morgan fingerprint density at radius 2 is 1.47 bits per heavy atom. The summed E-state index contributed by atoms with van der Waals surface area (Å²) in [7, 11) is 1.61. The fourth-order valence-electron chi connectivity index (χ4n) is 3.05. The van der Waals surface area contributed by atoms with E-state index in [-0.39, 0.29) is 11.9 Å². The van der Waals surface area contributed by atoms with Crippen LogP contribution in [0.4, 0.5) is 0 Å². The van der Waals surface area contributed by atoms with Crippen LogP contribution in [0.15, 0.2) is 66.7 Å². The molecule has 154 valence electrons. The summed E-state index contributed by atoms with van der Waals surface area (Å²) in [5, 5.41) is 3.00. The van der Waals surface area contributed by atoms with E-state index in [1.165, 1.54) is 0 Å². The Bertz CT molecular complexity index is 1040. The van der Waals surface area contributed by atoms with Crippen LogP contribution < -0.4 is 20.5 Å². The first kappa shape index (κ1) is 20.9. The Morgan fingerprint density at radius 1 is 0.900 bits per heavy atom. The van der Waals surface area contributed by atoms with E-state index in [9.17, 15) is 9.59 Å². The van der Waals surface area contributed by atoms with E-state index in [1.54, 1.807) is 55.6 Å². The second-order valence-electron chi connectivity index (χ2n) is 6.96. The van der Waals surface area contributed by atoms with Crippen molar-refractivity contribution >= 4 is 11.8 Å². The van der Waals surface area contributed by atoms with Crippen LogP contribution in [0.3, 0.4) is 0 Å². The van der Waals surface area contributed by atoms with E-state index >= 15 is 0 Å². The van der Waals surface area contributed by atoms with Crippen LogP contribution in [-0.4, -0.2) is 18.9 Å². The number of nitrogens with two attached hydrogens (primary N) is 1. The first-order valence-corrected chi connectivity index (χ1v) is 9.50. The normalized spacial score (nSPS) is 11.4. The first-order valence-electron chi connectivity index (χ1n) is 9.50. The molecule has 0 heterocycles. The van der Waals surface area contributed by atoms with Crippen molar-refractivity contribution in [3.05, 3.63) is 89.0 Å². The number of amides is 2. The van der Waals surface area contributed by atoms with Gasteiger partial charge in [-0.25, -0.2) is 0 Å². The van der Waals surface area contributed by atoms with E-state index in [2.05, 4.69) is 5.32 Å². The van der Waals surface area contributed by atoms with Gasteiger partial charge in [-0.1, -0.05) is 17.7 Å². The summed E-state index contributed by atoms with van der Waals surface area (Å²) in [5.41, 5.74) is 8.18. The van der Waals surface area contributed by atoms with Gasteiger partial charge in [-0.2, -0.15) is 0 Å². The van der Waals surface area contributed by atoms with Crippen molar-refractivity contribution in [2.24, 2.45) is 5.73 Å². The van der Waals surface area contributed by atoms with E-state index in [0.29, 0.717) is 22.6 Å². The number of hydrogen-bond acceptors (Lipinski definition) is 4. The molecule has 0 aromatic heterocycles. The Kier molecular flexibility index (Phi) is 6.37. The van der Waals surface area contributed by atoms with Gasteiger partial charge in [0.05, 0.1) is 13.2 Å². The molecule has 3 aromatic rings. The van der Waals surface area contributed by atoms with E-state index < -0.39 is 5.91 Å². The maximum atomic E-state index is 12.6. The van der Waals surface area contributed by atoms with Crippen molar-refractivity contribution in [1.29, 1.82) is 0 Å². The van der Waals surface area contributed by atoms with Crippen molar-refractivity contribution in [2.45, 2.75) is 19.9 Å². The SMILES string of the molecule is COc1ccc(C)cc1C(C)NC(=O)c1ccc(Oc2ccc(C(N)=O)cc2)cc1. The predicted octanol–water partition coefficient (Wildman–Crippen LogP) is 4.39. The maximum Gasteiger partial charge on any atom is 0.251 e. The minimum absolute atomic E-state index is 0.191. The zero-order valence-electron chi connectivity index (χ0n) is 17.1. The number of carbonyl (C=O) groups is 2. The van der Waals surface area contributed by atoms with Crippen LogP contribution in [-0.2, 0) is 0 Å². The zero-order chi connectivity index (χ0) is 21.7. The Hall–Kier alpha value is -3.80. The van der Waals surface area contributed by atoms with Gasteiger partial charge in [0.15, 0.2) is 0 Å². The summed E-state index contributed by atoms with van der Waals surface area (Å²) in [4.78, 5) is 23.8. The van der Waals surface area contributed by atoms with Gasteiger partial charge in [0.2, 0.25) is 5.91 Å². The van der Waals surface area contributed by atoms with E-state index in [4.69, 9.17) is 15.2 Å². The molecule has 6 heteroatoms. The molecule has 3 rings (SSSR count). The highest BCUT2D eigenvalue weighted by Gasteiger charge is 2.15. The lowest BCUT2D eigenvalue weighted by atomic mass is 10.0. The predicted molar refractivity (Wildman–Crippen MR) is 115 cm³/mol. The lowest BCUT2D eigenvalue weighted by Gasteiger charge is -2.18. The summed E-state index contributed by atoms with van der Waals surface area (Å²) >= 11 is 0. The molecule has 0 aliphatic carbocycles. The molecular weight excluding hydrogens is 380 g/mol. The lowest BCUT2D eigenvalue weighted by Crippen LogP contribution is -2.27. The summed E-state index contributed by atoms with van der Waals surface area (Å²) in [5.74, 6) is 1.20. The molecule has 0 fully saturated rings. The molecule has 30 heavy (non-hydrogen) atoms. The van der Waals surface area contributed by atoms with Crippen LogP contribution in [0, 0.1) is 6.92 Å². The second-order valence-corrected chi connectivity index (χ2v) is 6.96. The van der Waals surface area contributed by atoms with Crippen LogP contribution >= 0.6 is 0 Å². The summed E-state index contributed by atoms with van der Waals surface area (Å²) in [6.07, 6.45) is 0. The van der Waals surface area contributed by atoms with Crippen LogP contribution in [0.25, 0.3) is 0 Å². The molecule has 3 aromatic carbocycles. The number of nitrogens with one attached hydrogen (secondary N) is 1. The quantitative estimate of drug-likeness (QED) is 0.611. The van der Waals surface area contributed by atoms with Gasteiger partial charge in [-0.3, -0.25) is 9.59 Å². The maximum absolute atomic E-state index is 12.6. The van der Waals surface area contributed by atoms with Crippen molar-refractivity contribution in [3.63, 3.8) is 0 Å². The second kappa shape index (κ2) is 9.13. The number of hydrogen-bond donors (Lipinski definition) is 2. The summed E-state index contributed by atoms with van der Waals surface area (Å²) in [6.45, 7) is 3.92. The number of primary amides is 1. The third kappa shape index (κ3) is 4.97. The zero-order valence-corrected chi connectivity index (χ0v) is 17.1. The average molecular weight is 404 g/mol. The van der Waals surface area contributed by atoms with Crippen LogP contribution in [0.1, 0.15) is 44.8 Å². The van der Waals surface area contributed by atoms with E-state index in [0.717, 1.165) is 16.9 Å². The molecule has 3 N–H and O–H groups in total. The molecule has 2 amide bonds. The number of rotatable bonds is 7. The molecule has 0 spiro atoms. The summed E-state index contributed by atoms with van der Waals surface area (Å²) < 4.78 is 11.1. The molecule has 1 unspecified atom stereocenters. The molecule has 0 radical (unpaired) electrons. The van der Waals surface area contributed by atoms with Gasteiger partial charge < -0.3 is 20.5 Å². The monoisotopic (exact) mass is 404 g/mol. The van der Waals surface area contributed by atoms with Crippen molar-refractivity contribution in [2.75, 3.05) is 7.11 Å². The van der Waals surface area contributed by atoms with Crippen LogP contribution in [0.5, 0.6) is 17.2 Å². The summed E-state index contributed by atoms with van der Waals surface area (Å²) in [6, 6.07) is 19.0. The molecule has 0 saturated carbocycles. The van der Waals surface area contributed by atoms with Gasteiger partial charge in [-0.05, 0) is 68.4 Å². The van der Waals surface area contributed by atoms with Crippen molar-refractivity contribution < 1.29 is 19.1 Å². The minimum Gasteiger partial charge on any atom is -0.496 e. The molecule has 0 saturated heterocycles. The largest absolute Gasteiger partial charge is 0.496 e. The number of methoxy groups -OCH3 is 1. The highest BCUT2D eigenvalue weighted by atomic mass is 16.5. The van der Waals surface area contributed by atoms with Gasteiger partial charge in [-0.15, -0.1) is 0 Å². The third-order valence-corrected chi connectivity index (χ3v) is 4.69. The lowest BCUT2D eigenvalue weighted by molar-refractivity contribution is 0.0938. The van der Waals surface area contributed by atoms with Gasteiger partial charge >= 0.3 is 0 Å². The number of carbonyl (C=O) groups excluding carboxylic acids is 2. The molecule has 0 bridgehead atoms. The highest BCUT2D eigenvalue weighted by molar-refractivity contribution is 5.94. The highest BCUT2D eigenvalue weighted by Crippen LogP contribution is 2.27. The molecule has 0 aliphatic heterocycles. The fraction of sp³-hybridized carbons (Fsp3) is 0.167. The Labute approximate surface area is 175 Å². The number of ether oxygens (including phenoxy) is 2. The molecule has 1 atom stereocenters. The van der Waals surface area contributed by atoms with Crippen molar-refractivity contribution in [3.8, 4) is 17.2 Å². The third-order valence-electron chi connectivity index (χ3n) is 4.69. The van der Waals surface area contributed by atoms with Gasteiger partial charge in [0, 0.05) is 16.7 Å². The number of aryl methyl sites for hydroxylation is 1. The first-order chi connectivity index (χ1) is 14.4. The van der Waals surface area contributed by atoms with Crippen LogP contribution in [0.2, 0.25) is 0 Å². The average Bonchev–Trinajstić information content (AvgIpc) is 2.74. The smallest absolute Gasteiger partial charge is 0.251 e. The standard InChI is InChI=1S/C24H24N2O4/c1-15-4-13-22(29-3)21(14-15)16(2)26-24(28)18-7-11-20(12-8-18)30-19-9-5-17(6-10-19)23(25)27/h4-14,16H,1-3H3,(H2,25,27)(H,26,28). The van der Waals surface area contributed by atoms with Crippen molar-refractivity contribution in [1.82, 2.24) is 5.32 Å². The number of benzene rings is 3. The molecule has 6 nitrogen and oxygen atoms in total. The molecular formula is C24H24N2O4. The minimum atomic E-state index is -0.491.